The molecule has 0 saturated carbocycles. The highest BCUT2D eigenvalue weighted by Gasteiger charge is 2.23. The molecular weight excluding hydrogens is 290 g/mol. The third-order valence-corrected chi connectivity index (χ3v) is 4.67. The summed E-state index contributed by atoms with van der Waals surface area (Å²) in [5.41, 5.74) is 0. The van der Waals surface area contributed by atoms with Gasteiger partial charge in [-0.1, -0.05) is 17.7 Å². The highest BCUT2D eigenvalue weighted by Crippen LogP contribution is 2.19. The van der Waals surface area contributed by atoms with Gasteiger partial charge in [0.15, 0.2) is 0 Å². The van der Waals surface area contributed by atoms with E-state index in [1.165, 1.54) is 16.4 Å². The van der Waals surface area contributed by atoms with Gasteiger partial charge in [-0.25, -0.2) is 8.42 Å². The van der Waals surface area contributed by atoms with E-state index in [0.29, 0.717) is 24.6 Å². The van der Waals surface area contributed by atoms with Crippen molar-refractivity contribution in [1.29, 1.82) is 0 Å². The molecule has 0 aliphatic carbocycles. The number of sulfonamides is 1. The van der Waals surface area contributed by atoms with Crippen LogP contribution in [0.5, 0.6) is 0 Å². The Balaban J connectivity index is 2.92. The zero-order valence-corrected chi connectivity index (χ0v) is 12.3. The first-order valence-electron chi connectivity index (χ1n) is 5.88. The maximum atomic E-state index is 12.4. The number of rotatable bonds is 8. The van der Waals surface area contributed by atoms with E-state index >= 15 is 0 Å². The molecule has 0 bridgehead atoms. The fraction of sp³-hybridized carbons (Fsp3) is 0.500. The van der Waals surface area contributed by atoms with Crippen molar-refractivity contribution in [2.45, 2.75) is 11.3 Å². The van der Waals surface area contributed by atoms with E-state index in [1.54, 1.807) is 19.2 Å². The molecule has 0 aliphatic heterocycles. The van der Waals surface area contributed by atoms with E-state index in [4.69, 9.17) is 21.4 Å². The SMILES string of the molecule is COCCCN(CCO)S(=O)(=O)c1cccc(Cl)c1. The van der Waals surface area contributed by atoms with Crippen LogP contribution in [-0.4, -0.2) is 51.2 Å². The Morgan fingerprint density at radius 3 is 2.68 bits per heavy atom. The lowest BCUT2D eigenvalue weighted by atomic mass is 10.4. The molecule has 19 heavy (non-hydrogen) atoms. The van der Waals surface area contributed by atoms with Crippen molar-refractivity contribution < 1.29 is 18.3 Å². The van der Waals surface area contributed by atoms with Gasteiger partial charge in [-0.15, -0.1) is 0 Å². The molecular formula is C12H18ClNO4S. The lowest BCUT2D eigenvalue weighted by Gasteiger charge is -2.21. The van der Waals surface area contributed by atoms with E-state index in [9.17, 15) is 8.42 Å². The van der Waals surface area contributed by atoms with Crippen LogP contribution in [0.1, 0.15) is 6.42 Å². The molecule has 0 unspecified atom stereocenters. The van der Waals surface area contributed by atoms with Gasteiger partial charge >= 0.3 is 0 Å². The number of ether oxygens (including phenoxy) is 1. The minimum atomic E-state index is -3.63. The van der Waals surface area contributed by atoms with Crippen LogP contribution in [0, 0.1) is 0 Å². The minimum Gasteiger partial charge on any atom is -0.395 e. The molecule has 0 atom stereocenters. The van der Waals surface area contributed by atoms with Gasteiger partial charge in [0.2, 0.25) is 10.0 Å². The quantitative estimate of drug-likeness (QED) is 0.736. The summed E-state index contributed by atoms with van der Waals surface area (Å²) in [7, 11) is -2.08. The van der Waals surface area contributed by atoms with E-state index in [-0.39, 0.29) is 18.0 Å². The first-order chi connectivity index (χ1) is 9.02. The van der Waals surface area contributed by atoms with Crippen LogP contribution in [0.2, 0.25) is 5.02 Å². The highest BCUT2D eigenvalue weighted by atomic mass is 35.5. The van der Waals surface area contributed by atoms with Crippen LogP contribution in [-0.2, 0) is 14.8 Å². The van der Waals surface area contributed by atoms with Gasteiger partial charge in [0.05, 0.1) is 11.5 Å². The van der Waals surface area contributed by atoms with Crippen LogP contribution in [0.25, 0.3) is 0 Å². The molecule has 1 N–H and O–H groups in total. The maximum Gasteiger partial charge on any atom is 0.243 e. The van der Waals surface area contributed by atoms with Gasteiger partial charge in [-0.2, -0.15) is 4.31 Å². The van der Waals surface area contributed by atoms with Crippen LogP contribution in [0.15, 0.2) is 29.2 Å². The summed E-state index contributed by atoms with van der Waals surface area (Å²) in [6, 6.07) is 6.09. The molecule has 0 aliphatic rings. The fourth-order valence-electron chi connectivity index (χ4n) is 1.63. The summed E-state index contributed by atoms with van der Waals surface area (Å²) in [6.45, 7) is 0.585. The molecule has 1 rings (SSSR count). The zero-order valence-electron chi connectivity index (χ0n) is 10.8. The number of benzene rings is 1. The fourth-order valence-corrected chi connectivity index (χ4v) is 3.40. The van der Waals surface area contributed by atoms with Crippen LogP contribution >= 0.6 is 11.6 Å². The van der Waals surface area contributed by atoms with E-state index in [0.717, 1.165) is 0 Å². The second-order valence-corrected chi connectivity index (χ2v) is 6.31. The van der Waals surface area contributed by atoms with Gasteiger partial charge in [-0.05, 0) is 24.6 Å². The average Bonchev–Trinajstić information content (AvgIpc) is 2.38. The standard InChI is InChI=1S/C12H18ClNO4S/c1-18-9-3-6-14(7-8-15)19(16,17)12-5-2-4-11(13)10-12/h2,4-5,10,15H,3,6-9H2,1H3. The summed E-state index contributed by atoms with van der Waals surface area (Å²) in [4.78, 5) is 0.130. The van der Waals surface area contributed by atoms with Gasteiger partial charge in [0, 0.05) is 31.8 Å². The Hall–Kier alpha value is -0.660. The Labute approximate surface area is 118 Å². The zero-order chi connectivity index (χ0) is 14.3. The first kappa shape index (κ1) is 16.4. The van der Waals surface area contributed by atoms with Gasteiger partial charge in [0.1, 0.15) is 0 Å². The normalized spacial score (nSPS) is 12.0. The topological polar surface area (TPSA) is 66.8 Å². The molecule has 5 nitrogen and oxygen atoms in total. The molecule has 1 aromatic rings. The predicted octanol–water partition coefficient (Wildman–Crippen LogP) is 1.36. The number of hydrogen-bond acceptors (Lipinski definition) is 4. The van der Waals surface area contributed by atoms with Gasteiger partial charge < -0.3 is 9.84 Å². The predicted molar refractivity (Wildman–Crippen MR) is 73.8 cm³/mol. The lowest BCUT2D eigenvalue weighted by molar-refractivity contribution is 0.182. The van der Waals surface area contributed by atoms with Gasteiger partial charge in [0.25, 0.3) is 0 Å². The lowest BCUT2D eigenvalue weighted by Crippen LogP contribution is -2.35. The van der Waals surface area contributed by atoms with Gasteiger partial charge in [-0.3, -0.25) is 0 Å². The Kier molecular flexibility index (Phi) is 6.74. The minimum absolute atomic E-state index is 0.0541. The molecule has 0 heterocycles. The third kappa shape index (κ3) is 4.74. The third-order valence-electron chi connectivity index (χ3n) is 2.54. The number of hydrogen-bond donors (Lipinski definition) is 1. The molecule has 108 valence electrons. The van der Waals surface area contributed by atoms with Crippen molar-refractivity contribution in [3.05, 3.63) is 29.3 Å². The van der Waals surface area contributed by atoms with Crippen LogP contribution in [0.4, 0.5) is 0 Å². The summed E-state index contributed by atoms with van der Waals surface area (Å²) in [5.74, 6) is 0. The van der Waals surface area contributed by atoms with Crippen molar-refractivity contribution in [3.8, 4) is 0 Å². The first-order valence-corrected chi connectivity index (χ1v) is 7.69. The number of methoxy groups -OCH3 is 1. The molecule has 7 heteroatoms. The van der Waals surface area contributed by atoms with Crippen molar-refractivity contribution in [2.75, 3.05) is 33.4 Å². The van der Waals surface area contributed by atoms with E-state index in [1.807, 2.05) is 0 Å². The second-order valence-electron chi connectivity index (χ2n) is 3.93. The molecule has 0 amide bonds. The van der Waals surface area contributed by atoms with Crippen LogP contribution < -0.4 is 0 Å². The number of nitrogens with zero attached hydrogens (tertiary/aromatic N) is 1. The average molecular weight is 308 g/mol. The number of aliphatic hydroxyl groups is 1. The van der Waals surface area contributed by atoms with Crippen molar-refractivity contribution in [3.63, 3.8) is 0 Å². The largest absolute Gasteiger partial charge is 0.395 e. The van der Waals surface area contributed by atoms with Crippen LogP contribution in [0.3, 0.4) is 0 Å². The van der Waals surface area contributed by atoms with E-state index < -0.39 is 10.0 Å². The summed E-state index contributed by atoms with van der Waals surface area (Å²) in [6.07, 6.45) is 0.566. The maximum absolute atomic E-state index is 12.4. The molecule has 0 radical (unpaired) electrons. The number of aliphatic hydroxyl groups excluding tert-OH is 1. The Morgan fingerprint density at radius 2 is 2.11 bits per heavy atom. The second kappa shape index (κ2) is 7.81. The molecule has 0 spiro atoms. The smallest absolute Gasteiger partial charge is 0.243 e. The van der Waals surface area contributed by atoms with E-state index in [2.05, 4.69) is 0 Å². The summed E-state index contributed by atoms with van der Waals surface area (Å²) < 4.78 is 30.9. The molecule has 0 fully saturated rings. The number of halogens is 1. The Morgan fingerprint density at radius 1 is 1.37 bits per heavy atom. The Bertz CT molecular complexity index is 492. The molecule has 0 aromatic heterocycles. The highest BCUT2D eigenvalue weighted by molar-refractivity contribution is 7.89. The van der Waals surface area contributed by atoms with Crippen molar-refractivity contribution >= 4 is 21.6 Å². The molecule has 0 saturated heterocycles. The molecule has 1 aromatic carbocycles. The van der Waals surface area contributed by atoms with Crippen molar-refractivity contribution in [2.24, 2.45) is 0 Å². The summed E-state index contributed by atoms with van der Waals surface area (Å²) >= 11 is 5.81. The van der Waals surface area contributed by atoms with Crippen molar-refractivity contribution in [1.82, 2.24) is 4.31 Å². The monoisotopic (exact) mass is 307 g/mol. The summed E-state index contributed by atoms with van der Waals surface area (Å²) in [5, 5.41) is 9.36.